The van der Waals surface area contributed by atoms with E-state index in [2.05, 4.69) is 37.4 Å². The van der Waals surface area contributed by atoms with Crippen LogP contribution in [-0.2, 0) is 28.3 Å². The van der Waals surface area contributed by atoms with Crippen molar-refractivity contribution in [3.8, 4) is 0 Å². The molecule has 0 radical (unpaired) electrons. The summed E-state index contributed by atoms with van der Waals surface area (Å²) in [5.41, 5.74) is 5.52. The zero-order valence-electron chi connectivity index (χ0n) is 23.0. The average Bonchev–Trinajstić information content (AvgIpc) is 2.92. The summed E-state index contributed by atoms with van der Waals surface area (Å²) in [6.45, 7) is 4.48. The molecule has 6 heteroatoms. The van der Waals surface area contributed by atoms with Crippen LogP contribution in [0.5, 0.6) is 0 Å². The number of hydrogen-bond donors (Lipinski definition) is 1. The molecule has 0 unspecified atom stereocenters. The molecule has 39 heavy (non-hydrogen) atoms. The van der Waals surface area contributed by atoms with E-state index < -0.39 is 6.04 Å². The highest BCUT2D eigenvalue weighted by Gasteiger charge is 2.32. The number of carbonyl (C=O) groups excluding carboxylic acids is 2. The number of hydrogen-bond acceptors (Lipinski definition) is 3. The van der Waals surface area contributed by atoms with Gasteiger partial charge in [0.15, 0.2) is 0 Å². The van der Waals surface area contributed by atoms with Gasteiger partial charge in [0, 0.05) is 29.8 Å². The van der Waals surface area contributed by atoms with E-state index in [1.807, 2.05) is 54.6 Å². The van der Waals surface area contributed by atoms with Crippen LogP contribution >= 0.6 is 23.4 Å². The van der Waals surface area contributed by atoms with Crippen molar-refractivity contribution >= 4 is 35.2 Å². The second-order valence-corrected chi connectivity index (χ2v) is 12.0. The third-order valence-electron chi connectivity index (χ3n) is 7.30. The first-order valence-electron chi connectivity index (χ1n) is 13.9. The molecule has 206 valence electrons. The Bertz CT molecular complexity index is 1220. The lowest BCUT2D eigenvalue weighted by atomic mass is 9.94. The van der Waals surface area contributed by atoms with Crippen molar-refractivity contribution in [3.63, 3.8) is 0 Å². The van der Waals surface area contributed by atoms with Crippen LogP contribution in [-0.4, -0.2) is 34.6 Å². The average molecular weight is 563 g/mol. The lowest BCUT2D eigenvalue weighted by Gasteiger charge is -2.33. The number of halogens is 1. The van der Waals surface area contributed by atoms with Crippen LogP contribution < -0.4 is 5.32 Å². The molecule has 1 atom stereocenters. The standard InChI is InChI=1S/C33H39ClN2O2S/c1-24-17-25(2)19-27(18-24)22-39-23-32(37)36(21-28-13-9-10-16-30(28)34)31(20-26-11-5-3-6-12-26)33(38)35-29-14-7-4-8-15-29/h3,5-6,9-13,16-19,29,31H,4,7-8,14-15,20-23H2,1-2H3,(H,35,38)/t31-/m1/s1. The van der Waals surface area contributed by atoms with Crippen LogP contribution in [0.3, 0.4) is 0 Å². The Morgan fingerprint density at radius 2 is 1.59 bits per heavy atom. The van der Waals surface area contributed by atoms with Crippen molar-refractivity contribution in [1.82, 2.24) is 10.2 Å². The van der Waals surface area contributed by atoms with E-state index in [0.29, 0.717) is 17.2 Å². The third-order valence-corrected chi connectivity index (χ3v) is 8.65. The molecule has 0 saturated heterocycles. The molecule has 0 aliphatic heterocycles. The van der Waals surface area contributed by atoms with Gasteiger partial charge in [-0.15, -0.1) is 11.8 Å². The molecular formula is C33H39ClN2O2S. The van der Waals surface area contributed by atoms with Crippen LogP contribution in [0.2, 0.25) is 5.02 Å². The quantitative estimate of drug-likeness (QED) is 0.267. The Kier molecular flexibility index (Phi) is 10.9. The Labute approximate surface area is 242 Å². The maximum absolute atomic E-state index is 13.9. The van der Waals surface area contributed by atoms with Gasteiger partial charge in [0.05, 0.1) is 5.75 Å². The maximum Gasteiger partial charge on any atom is 0.243 e. The molecule has 3 aromatic carbocycles. The molecule has 4 nitrogen and oxygen atoms in total. The van der Waals surface area contributed by atoms with Gasteiger partial charge in [-0.2, -0.15) is 0 Å². The first-order chi connectivity index (χ1) is 18.9. The summed E-state index contributed by atoms with van der Waals surface area (Å²) in [5, 5.41) is 3.90. The molecule has 0 bridgehead atoms. The van der Waals surface area contributed by atoms with Gasteiger partial charge in [0.25, 0.3) is 0 Å². The summed E-state index contributed by atoms with van der Waals surface area (Å²) in [5.74, 6) is 0.903. The van der Waals surface area contributed by atoms with Gasteiger partial charge in [-0.25, -0.2) is 0 Å². The molecule has 0 heterocycles. The Balaban J connectivity index is 1.57. The van der Waals surface area contributed by atoms with E-state index in [0.717, 1.165) is 42.6 Å². The van der Waals surface area contributed by atoms with E-state index in [-0.39, 0.29) is 24.4 Å². The minimum absolute atomic E-state index is 0.0518. The Morgan fingerprint density at radius 1 is 0.923 bits per heavy atom. The molecule has 1 saturated carbocycles. The van der Waals surface area contributed by atoms with Gasteiger partial charge < -0.3 is 10.2 Å². The first kappa shape index (κ1) is 29.2. The second-order valence-electron chi connectivity index (χ2n) is 10.7. The van der Waals surface area contributed by atoms with Crippen molar-refractivity contribution in [2.75, 3.05) is 5.75 Å². The van der Waals surface area contributed by atoms with Crippen molar-refractivity contribution in [2.24, 2.45) is 0 Å². The first-order valence-corrected chi connectivity index (χ1v) is 15.4. The van der Waals surface area contributed by atoms with Gasteiger partial charge in [-0.1, -0.05) is 109 Å². The van der Waals surface area contributed by atoms with Gasteiger partial charge in [0.2, 0.25) is 11.8 Å². The van der Waals surface area contributed by atoms with Crippen LogP contribution in [0.15, 0.2) is 72.8 Å². The van der Waals surface area contributed by atoms with Crippen LogP contribution in [0, 0.1) is 13.8 Å². The molecule has 0 spiro atoms. The topological polar surface area (TPSA) is 49.4 Å². The number of nitrogens with one attached hydrogen (secondary N) is 1. The highest BCUT2D eigenvalue weighted by molar-refractivity contribution is 7.99. The monoisotopic (exact) mass is 562 g/mol. The van der Waals surface area contributed by atoms with Crippen LogP contribution in [0.1, 0.15) is 59.9 Å². The highest BCUT2D eigenvalue weighted by atomic mass is 35.5. The molecule has 0 aromatic heterocycles. The van der Waals surface area contributed by atoms with Crippen LogP contribution in [0.4, 0.5) is 0 Å². The smallest absolute Gasteiger partial charge is 0.243 e. The largest absolute Gasteiger partial charge is 0.352 e. The SMILES string of the molecule is Cc1cc(C)cc(CSCC(=O)N(Cc2ccccc2Cl)[C@H](Cc2ccccc2)C(=O)NC2CCCCC2)c1. The van der Waals surface area contributed by atoms with E-state index in [1.165, 1.54) is 23.1 Å². The number of carbonyl (C=O) groups is 2. The lowest BCUT2D eigenvalue weighted by molar-refractivity contribution is -0.139. The van der Waals surface area contributed by atoms with E-state index in [1.54, 1.807) is 16.7 Å². The molecule has 1 aliphatic rings. The predicted octanol–water partition coefficient (Wildman–Crippen LogP) is 7.28. The Morgan fingerprint density at radius 3 is 2.28 bits per heavy atom. The molecule has 3 aromatic rings. The van der Waals surface area contributed by atoms with Crippen molar-refractivity contribution in [1.29, 1.82) is 0 Å². The van der Waals surface area contributed by atoms with E-state index in [4.69, 9.17) is 11.6 Å². The highest BCUT2D eigenvalue weighted by Crippen LogP contribution is 2.24. The van der Waals surface area contributed by atoms with Crippen LogP contribution in [0.25, 0.3) is 0 Å². The fourth-order valence-corrected chi connectivity index (χ4v) is 6.44. The second kappa shape index (κ2) is 14.6. The van der Waals surface area contributed by atoms with Gasteiger partial charge in [0.1, 0.15) is 6.04 Å². The zero-order valence-corrected chi connectivity index (χ0v) is 24.6. The van der Waals surface area contributed by atoms with Gasteiger partial charge in [-0.05, 0) is 49.4 Å². The van der Waals surface area contributed by atoms with E-state index in [9.17, 15) is 9.59 Å². The molecular weight excluding hydrogens is 524 g/mol. The number of rotatable bonds is 11. The Hall–Kier alpha value is -2.76. The van der Waals surface area contributed by atoms with Crippen molar-refractivity contribution in [2.45, 2.75) is 76.8 Å². The number of nitrogens with zero attached hydrogens (tertiary/aromatic N) is 1. The number of benzene rings is 3. The zero-order chi connectivity index (χ0) is 27.6. The summed E-state index contributed by atoms with van der Waals surface area (Å²) in [6, 6.07) is 23.6. The predicted molar refractivity (Wildman–Crippen MR) is 163 cm³/mol. The molecule has 1 aliphatic carbocycles. The fraction of sp³-hybridized carbons (Fsp3) is 0.394. The van der Waals surface area contributed by atoms with Gasteiger partial charge in [-0.3, -0.25) is 9.59 Å². The molecule has 4 rings (SSSR count). The fourth-order valence-electron chi connectivity index (χ4n) is 5.40. The third kappa shape index (κ3) is 8.87. The number of amides is 2. The molecule has 2 amide bonds. The normalized spacial score (nSPS) is 14.5. The summed E-state index contributed by atoms with van der Waals surface area (Å²) >= 11 is 8.13. The van der Waals surface area contributed by atoms with Crippen molar-refractivity contribution < 1.29 is 9.59 Å². The number of thioether (sulfide) groups is 1. The summed E-state index contributed by atoms with van der Waals surface area (Å²) in [7, 11) is 0. The maximum atomic E-state index is 13.9. The van der Waals surface area contributed by atoms with Crippen molar-refractivity contribution in [3.05, 3.63) is 106 Å². The summed E-state index contributed by atoms with van der Waals surface area (Å²) in [6.07, 6.45) is 5.92. The van der Waals surface area contributed by atoms with E-state index >= 15 is 0 Å². The summed E-state index contributed by atoms with van der Waals surface area (Å²) < 4.78 is 0. The molecule has 1 N–H and O–H groups in total. The summed E-state index contributed by atoms with van der Waals surface area (Å²) in [4.78, 5) is 29.5. The molecule has 1 fully saturated rings. The minimum atomic E-state index is -0.625. The van der Waals surface area contributed by atoms with Gasteiger partial charge >= 0.3 is 0 Å². The minimum Gasteiger partial charge on any atom is -0.352 e. The number of aryl methyl sites for hydroxylation is 2. The lowest BCUT2D eigenvalue weighted by Crippen LogP contribution is -2.53.